The van der Waals surface area contributed by atoms with E-state index in [1.54, 1.807) is 61.8 Å². The molecular formula is C24H18N4O3. The molecule has 0 bridgehead atoms. The minimum Gasteiger partial charge on any atom is -0.506 e. The zero-order valence-corrected chi connectivity index (χ0v) is 16.9. The van der Waals surface area contributed by atoms with E-state index in [0.717, 1.165) is 5.69 Å². The SMILES string of the molecule is COc1cccnc1-c1cc(Oc2cc(C#N)ccc2-c2ccc(O)cn2)cc(C)n1. The Bertz CT molecular complexity index is 1280. The first-order chi connectivity index (χ1) is 15.1. The Hall–Kier alpha value is -4.44. The minimum atomic E-state index is 0.0681. The summed E-state index contributed by atoms with van der Waals surface area (Å²) in [6.45, 7) is 1.86. The van der Waals surface area contributed by atoms with Crippen molar-refractivity contribution < 1.29 is 14.6 Å². The van der Waals surface area contributed by atoms with Gasteiger partial charge in [-0.3, -0.25) is 15.0 Å². The summed E-state index contributed by atoms with van der Waals surface area (Å²) in [5.74, 6) is 1.66. The number of nitrogens with zero attached hydrogens (tertiary/aromatic N) is 4. The predicted molar refractivity (Wildman–Crippen MR) is 115 cm³/mol. The fourth-order valence-corrected chi connectivity index (χ4v) is 3.12. The Labute approximate surface area is 179 Å². The number of ether oxygens (including phenoxy) is 2. The van der Waals surface area contributed by atoms with Crippen molar-refractivity contribution in [2.45, 2.75) is 6.92 Å². The Kier molecular flexibility index (Phi) is 5.45. The molecule has 7 nitrogen and oxygen atoms in total. The van der Waals surface area contributed by atoms with Crippen LogP contribution in [0.3, 0.4) is 0 Å². The molecule has 0 aliphatic heterocycles. The van der Waals surface area contributed by atoms with Crippen LogP contribution in [0.4, 0.5) is 0 Å². The van der Waals surface area contributed by atoms with Crippen LogP contribution in [-0.2, 0) is 0 Å². The second kappa shape index (κ2) is 8.51. The number of aryl methyl sites for hydroxylation is 1. The summed E-state index contributed by atoms with van der Waals surface area (Å²) >= 11 is 0. The first-order valence-electron chi connectivity index (χ1n) is 9.43. The molecule has 0 fully saturated rings. The Balaban J connectivity index is 1.78. The fraction of sp³-hybridized carbons (Fsp3) is 0.0833. The number of rotatable bonds is 5. The molecule has 0 aliphatic rings. The van der Waals surface area contributed by atoms with E-state index in [1.165, 1.54) is 6.20 Å². The van der Waals surface area contributed by atoms with Gasteiger partial charge in [-0.15, -0.1) is 0 Å². The number of methoxy groups -OCH3 is 1. The van der Waals surface area contributed by atoms with E-state index >= 15 is 0 Å². The van der Waals surface area contributed by atoms with Crippen molar-refractivity contribution in [3.8, 4) is 51.7 Å². The summed E-state index contributed by atoms with van der Waals surface area (Å²) in [4.78, 5) is 13.2. The van der Waals surface area contributed by atoms with Gasteiger partial charge in [0.25, 0.3) is 0 Å². The summed E-state index contributed by atoms with van der Waals surface area (Å²) in [7, 11) is 1.58. The van der Waals surface area contributed by atoms with Crippen molar-refractivity contribution in [3.05, 3.63) is 78.2 Å². The fourth-order valence-electron chi connectivity index (χ4n) is 3.12. The molecule has 1 aromatic carbocycles. The highest BCUT2D eigenvalue weighted by Crippen LogP contribution is 2.36. The lowest BCUT2D eigenvalue weighted by Crippen LogP contribution is -1.97. The van der Waals surface area contributed by atoms with Gasteiger partial charge in [0.15, 0.2) is 0 Å². The maximum absolute atomic E-state index is 9.54. The van der Waals surface area contributed by atoms with Gasteiger partial charge < -0.3 is 14.6 Å². The van der Waals surface area contributed by atoms with Gasteiger partial charge in [-0.2, -0.15) is 5.26 Å². The van der Waals surface area contributed by atoms with Crippen LogP contribution >= 0.6 is 0 Å². The molecule has 0 amide bonds. The number of nitriles is 1. The standard InChI is InChI=1S/C24H18N4O3/c1-15-10-18(12-21(28-15)24-22(30-2)4-3-9-26-24)31-23-11-16(13-25)5-7-19(23)20-8-6-17(29)14-27-20/h3-12,14,29H,1-2H3. The molecular weight excluding hydrogens is 392 g/mol. The summed E-state index contributed by atoms with van der Waals surface area (Å²) in [5, 5.41) is 18.9. The van der Waals surface area contributed by atoms with Crippen LogP contribution in [-0.4, -0.2) is 27.2 Å². The highest BCUT2D eigenvalue weighted by Gasteiger charge is 2.14. The van der Waals surface area contributed by atoms with Crippen molar-refractivity contribution in [3.63, 3.8) is 0 Å². The number of aromatic hydroxyl groups is 1. The quantitative estimate of drug-likeness (QED) is 0.500. The molecule has 152 valence electrons. The van der Waals surface area contributed by atoms with Crippen LogP contribution in [0.15, 0.2) is 67.0 Å². The summed E-state index contributed by atoms with van der Waals surface area (Å²) in [5.41, 5.74) is 3.69. The highest BCUT2D eigenvalue weighted by molar-refractivity contribution is 5.70. The molecule has 31 heavy (non-hydrogen) atoms. The minimum absolute atomic E-state index is 0.0681. The second-order valence-corrected chi connectivity index (χ2v) is 6.71. The largest absolute Gasteiger partial charge is 0.506 e. The summed E-state index contributed by atoms with van der Waals surface area (Å²) in [6.07, 6.45) is 3.03. The van der Waals surface area contributed by atoms with Gasteiger partial charge in [-0.05, 0) is 49.4 Å². The van der Waals surface area contributed by atoms with Gasteiger partial charge in [-0.25, -0.2) is 0 Å². The second-order valence-electron chi connectivity index (χ2n) is 6.71. The molecule has 0 spiro atoms. The zero-order chi connectivity index (χ0) is 21.8. The van der Waals surface area contributed by atoms with E-state index in [0.29, 0.717) is 45.5 Å². The molecule has 4 aromatic rings. The van der Waals surface area contributed by atoms with Crippen molar-refractivity contribution in [1.29, 1.82) is 5.26 Å². The monoisotopic (exact) mass is 410 g/mol. The number of hydrogen-bond donors (Lipinski definition) is 1. The number of aromatic nitrogens is 3. The Morgan fingerprint density at radius 3 is 2.58 bits per heavy atom. The van der Waals surface area contributed by atoms with Crippen molar-refractivity contribution in [2.24, 2.45) is 0 Å². The maximum Gasteiger partial charge on any atom is 0.146 e. The molecule has 4 rings (SSSR count). The third-order valence-corrected chi connectivity index (χ3v) is 4.52. The lowest BCUT2D eigenvalue weighted by Gasteiger charge is -2.13. The van der Waals surface area contributed by atoms with Crippen LogP contribution in [0, 0.1) is 18.3 Å². The average molecular weight is 410 g/mol. The zero-order valence-electron chi connectivity index (χ0n) is 16.9. The topological polar surface area (TPSA) is 101 Å². The lowest BCUT2D eigenvalue weighted by molar-refractivity contribution is 0.414. The van der Waals surface area contributed by atoms with Crippen molar-refractivity contribution >= 4 is 0 Å². The van der Waals surface area contributed by atoms with Gasteiger partial charge in [0, 0.05) is 29.6 Å². The molecule has 0 unspecified atom stereocenters. The first-order valence-corrected chi connectivity index (χ1v) is 9.43. The first kappa shape index (κ1) is 19.9. The van der Waals surface area contributed by atoms with Crippen LogP contribution in [0.1, 0.15) is 11.3 Å². The highest BCUT2D eigenvalue weighted by atomic mass is 16.5. The molecule has 7 heteroatoms. The third kappa shape index (κ3) is 4.28. The van der Waals surface area contributed by atoms with E-state index < -0.39 is 0 Å². The van der Waals surface area contributed by atoms with Gasteiger partial charge in [0.1, 0.15) is 28.7 Å². The Morgan fingerprint density at radius 1 is 0.968 bits per heavy atom. The van der Waals surface area contributed by atoms with Gasteiger partial charge in [-0.1, -0.05) is 0 Å². The van der Waals surface area contributed by atoms with Crippen LogP contribution in [0.25, 0.3) is 22.6 Å². The number of hydrogen-bond acceptors (Lipinski definition) is 7. The normalized spacial score (nSPS) is 10.4. The molecule has 0 radical (unpaired) electrons. The summed E-state index contributed by atoms with van der Waals surface area (Å²) in [6, 6.07) is 17.6. The molecule has 3 heterocycles. The van der Waals surface area contributed by atoms with Crippen LogP contribution in [0.2, 0.25) is 0 Å². The number of pyridine rings is 3. The smallest absolute Gasteiger partial charge is 0.146 e. The molecule has 0 atom stereocenters. The lowest BCUT2D eigenvalue weighted by atomic mass is 10.1. The van der Waals surface area contributed by atoms with E-state index in [1.807, 2.05) is 13.0 Å². The predicted octanol–water partition coefficient (Wildman–Crippen LogP) is 4.89. The Morgan fingerprint density at radius 2 is 1.84 bits per heavy atom. The van der Waals surface area contributed by atoms with Crippen LogP contribution in [0.5, 0.6) is 23.0 Å². The maximum atomic E-state index is 9.54. The number of benzene rings is 1. The molecule has 1 N–H and O–H groups in total. The third-order valence-electron chi connectivity index (χ3n) is 4.52. The van der Waals surface area contributed by atoms with Crippen molar-refractivity contribution in [2.75, 3.05) is 7.11 Å². The average Bonchev–Trinajstić information content (AvgIpc) is 2.79. The van der Waals surface area contributed by atoms with E-state index in [9.17, 15) is 10.4 Å². The molecule has 0 saturated heterocycles. The molecule has 0 aliphatic carbocycles. The van der Waals surface area contributed by atoms with Gasteiger partial charge in [0.2, 0.25) is 0 Å². The summed E-state index contributed by atoms with van der Waals surface area (Å²) < 4.78 is 11.6. The van der Waals surface area contributed by atoms with Crippen LogP contribution < -0.4 is 9.47 Å². The van der Waals surface area contributed by atoms with Crippen molar-refractivity contribution in [1.82, 2.24) is 15.0 Å². The van der Waals surface area contributed by atoms with Gasteiger partial charge >= 0.3 is 0 Å². The van der Waals surface area contributed by atoms with E-state index in [-0.39, 0.29) is 5.75 Å². The van der Waals surface area contributed by atoms with E-state index in [4.69, 9.17) is 9.47 Å². The molecule has 0 saturated carbocycles. The van der Waals surface area contributed by atoms with E-state index in [2.05, 4.69) is 21.0 Å². The van der Waals surface area contributed by atoms with Gasteiger partial charge in [0.05, 0.1) is 36.3 Å². The molecule has 3 aromatic heterocycles.